The average Bonchev–Trinajstić information content (AvgIpc) is 3.31. The molecule has 0 aromatic carbocycles. The molecule has 168 valence electrons. The number of thioether (sulfide) groups is 1. The van der Waals surface area contributed by atoms with Crippen LogP contribution in [-0.4, -0.2) is 69.4 Å². The molecule has 10 nitrogen and oxygen atoms in total. The van der Waals surface area contributed by atoms with Crippen LogP contribution in [0.3, 0.4) is 0 Å². The van der Waals surface area contributed by atoms with Gasteiger partial charge in [0.25, 0.3) is 5.91 Å². The second-order valence-corrected chi connectivity index (χ2v) is 8.83. The third-order valence-electron chi connectivity index (χ3n) is 4.45. The number of carbonyl (C=O) groups excluding carboxylic acids is 3. The van der Waals surface area contributed by atoms with Crippen molar-refractivity contribution in [2.75, 3.05) is 32.3 Å². The van der Waals surface area contributed by atoms with Gasteiger partial charge in [-0.15, -0.1) is 21.5 Å². The summed E-state index contributed by atoms with van der Waals surface area (Å²) in [6.45, 7) is 1.66. The molecule has 2 amide bonds. The van der Waals surface area contributed by atoms with E-state index in [9.17, 15) is 14.4 Å². The molecular weight excluding hydrogens is 452 g/mol. The summed E-state index contributed by atoms with van der Waals surface area (Å²) in [5.41, 5.74) is 1.32. The number of ether oxygens (including phenoxy) is 1. The van der Waals surface area contributed by atoms with Crippen LogP contribution in [0.1, 0.15) is 25.6 Å². The number of hydrogen-bond acceptors (Lipinski definition) is 9. The van der Waals surface area contributed by atoms with E-state index < -0.39 is 5.97 Å². The van der Waals surface area contributed by atoms with Crippen molar-refractivity contribution in [3.8, 4) is 11.5 Å². The first-order chi connectivity index (χ1) is 15.2. The number of amides is 2. The molecule has 0 atom stereocenters. The predicted molar refractivity (Wildman–Crippen MR) is 122 cm³/mol. The van der Waals surface area contributed by atoms with Crippen LogP contribution in [-0.2, 0) is 16.6 Å². The molecule has 0 radical (unpaired) electrons. The summed E-state index contributed by atoms with van der Waals surface area (Å²) in [4.78, 5) is 43.4. The molecule has 3 aromatic rings. The van der Waals surface area contributed by atoms with Crippen molar-refractivity contribution >= 4 is 45.9 Å². The van der Waals surface area contributed by atoms with E-state index in [-0.39, 0.29) is 28.1 Å². The number of nitrogens with one attached hydrogen (secondary N) is 1. The summed E-state index contributed by atoms with van der Waals surface area (Å²) >= 11 is 2.24. The van der Waals surface area contributed by atoms with Gasteiger partial charge in [0.1, 0.15) is 10.7 Å². The zero-order chi connectivity index (χ0) is 23.4. The van der Waals surface area contributed by atoms with Gasteiger partial charge >= 0.3 is 5.97 Å². The Morgan fingerprint density at radius 3 is 2.62 bits per heavy atom. The Balaban J connectivity index is 1.75. The van der Waals surface area contributed by atoms with Crippen molar-refractivity contribution < 1.29 is 19.1 Å². The van der Waals surface area contributed by atoms with E-state index in [0.717, 1.165) is 11.3 Å². The lowest BCUT2D eigenvalue weighted by atomic mass is 10.1. The van der Waals surface area contributed by atoms with Crippen molar-refractivity contribution in [1.82, 2.24) is 24.6 Å². The monoisotopic (exact) mass is 474 g/mol. The minimum absolute atomic E-state index is 0.0305. The second kappa shape index (κ2) is 9.92. The minimum atomic E-state index is -0.618. The molecule has 1 N–H and O–H groups in total. The fourth-order valence-electron chi connectivity index (χ4n) is 2.81. The molecule has 0 spiro atoms. The smallest absolute Gasteiger partial charge is 0.341 e. The zero-order valence-electron chi connectivity index (χ0n) is 18.2. The molecule has 0 fully saturated rings. The van der Waals surface area contributed by atoms with E-state index in [1.165, 1.54) is 23.8 Å². The fourth-order valence-corrected chi connectivity index (χ4v) is 4.75. The number of rotatable bonds is 7. The summed E-state index contributed by atoms with van der Waals surface area (Å²) in [6, 6.07) is 5.49. The van der Waals surface area contributed by atoms with Crippen molar-refractivity contribution in [3.05, 3.63) is 40.4 Å². The summed E-state index contributed by atoms with van der Waals surface area (Å²) < 4.78 is 6.59. The predicted octanol–water partition coefficient (Wildman–Crippen LogP) is 2.47. The van der Waals surface area contributed by atoms with Gasteiger partial charge in [0, 0.05) is 27.3 Å². The summed E-state index contributed by atoms with van der Waals surface area (Å²) in [6.07, 6.45) is 1.67. The van der Waals surface area contributed by atoms with E-state index in [1.54, 1.807) is 38.8 Å². The Bertz CT molecular complexity index is 1160. The molecule has 0 unspecified atom stereocenters. The number of esters is 1. The highest BCUT2D eigenvalue weighted by atomic mass is 32.2. The highest BCUT2D eigenvalue weighted by Gasteiger charge is 2.27. The largest absolute Gasteiger partial charge is 0.465 e. The van der Waals surface area contributed by atoms with E-state index in [2.05, 4.69) is 20.5 Å². The molecule has 0 saturated carbocycles. The number of aromatic nitrogens is 4. The lowest BCUT2D eigenvalue weighted by Crippen LogP contribution is -2.21. The van der Waals surface area contributed by atoms with Gasteiger partial charge in [0.2, 0.25) is 5.91 Å². The molecule has 3 rings (SSSR count). The summed E-state index contributed by atoms with van der Waals surface area (Å²) in [5.74, 6) is -0.612. The number of thiophene rings is 1. The Labute approximate surface area is 193 Å². The summed E-state index contributed by atoms with van der Waals surface area (Å²) in [7, 11) is 6.28. The average molecular weight is 475 g/mol. The number of pyridine rings is 1. The van der Waals surface area contributed by atoms with E-state index in [0.29, 0.717) is 27.1 Å². The molecule has 0 aliphatic heterocycles. The summed E-state index contributed by atoms with van der Waals surface area (Å²) in [5, 5.41) is 11.8. The van der Waals surface area contributed by atoms with Crippen LogP contribution < -0.4 is 5.32 Å². The first-order valence-electron chi connectivity index (χ1n) is 9.41. The lowest BCUT2D eigenvalue weighted by molar-refractivity contribution is -0.113. The third-order valence-corrected chi connectivity index (χ3v) is 6.67. The van der Waals surface area contributed by atoms with Crippen molar-refractivity contribution in [1.29, 1.82) is 0 Å². The first kappa shape index (κ1) is 23.4. The van der Waals surface area contributed by atoms with Crippen LogP contribution in [0.15, 0.2) is 29.6 Å². The highest BCUT2D eigenvalue weighted by molar-refractivity contribution is 7.99. The Hall–Kier alpha value is -3.25. The molecule has 3 heterocycles. The van der Waals surface area contributed by atoms with E-state index >= 15 is 0 Å². The molecule has 12 heteroatoms. The van der Waals surface area contributed by atoms with Gasteiger partial charge in [0.05, 0.1) is 23.3 Å². The number of anilines is 1. The van der Waals surface area contributed by atoms with Gasteiger partial charge in [-0.05, 0) is 24.6 Å². The van der Waals surface area contributed by atoms with Crippen molar-refractivity contribution in [2.45, 2.75) is 12.1 Å². The van der Waals surface area contributed by atoms with Gasteiger partial charge in [0.15, 0.2) is 11.0 Å². The molecular formula is C20H22N6O4S2. The zero-order valence-corrected chi connectivity index (χ0v) is 19.8. The number of methoxy groups -OCH3 is 1. The maximum absolute atomic E-state index is 12.6. The molecule has 0 aliphatic carbocycles. The molecule has 3 aromatic heterocycles. The lowest BCUT2D eigenvalue weighted by Gasteiger charge is -2.08. The Morgan fingerprint density at radius 1 is 1.25 bits per heavy atom. The van der Waals surface area contributed by atoms with Gasteiger partial charge in [-0.3, -0.25) is 14.6 Å². The van der Waals surface area contributed by atoms with Gasteiger partial charge in [-0.25, -0.2) is 4.79 Å². The Morgan fingerprint density at radius 2 is 2.00 bits per heavy atom. The topological polar surface area (TPSA) is 119 Å². The first-order valence-corrected chi connectivity index (χ1v) is 11.2. The van der Waals surface area contributed by atoms with E-state index in [1.807, 2.05) is 18.2 Å². The molecule has 32 heavy (non-hydrogen) atoms. The maximum Gasteiger partial charge on any atom is 0.341 e. The van der Waals surface area contributed by atoms with Crippen LogP contribution in [0.25, 0.3) is 11.5 Å². The van der Waals surface area contributed by atoms with Crippen molar-refractivity contribution in [3.63, 3.8) is 0 Å². The molecule has 0 aliphatic rings. The maximum atomic E-state index is 12.6. The minimum Gasteiger partial charge on any atom is -0.465 e. The van der Waals surface area contributed by atoms with Crippen molar-refractivity contribution in [2.24, 2.45) is 7.05 Å². The van der Waals surface area contributed by atoms with Crippen LogP contribution in [0, 0.1) is 6.92 Å². The number of carbonyl (C=O) groups is 3. The Kier molecular flexibility index (Phi) is 7.26. The van der Waals surface area contributed by atoms with Gasteiger partial charge in [-0.2, -0.15) is 0 Å². The van der Waals surface area contributed by atoms with Gasteiger partial charge in [-0.1, -0.05) is 17.8 Å². The van der Waals surface area contributed by atoms with Crippen LogP contribution in [0.4, 0.5) is 5.00 Å². The normalized spacial score (nSPS) is 10.7. The second-order valence-electron chi connectivity index (χ2n) is 6.87. The van der Waals surface area contributed by atoms with Crippen LogP contribution >= 0.6 is 23.1 Å². The molecule has 0 saturated heterocycles. The van der Waals surface area contributed by atoms with Gasteiger partial charge < -0.3 is 19.5 Å². The quantitative estimate of drug-likeness (QED) is 0.410. The third kappa shape index (κ3) is 4.81. The number of nitrogens with zero attached hydrogens (tertiary/aromatic N) is 5. The number of hydrogen-bond donors (Lipinski definition) is 1. The van der Waals surface area contributed by atoms with Crippen LogP contribution in [0.5, 0.6) is 0 Å². The SMILES string of the molecule is COC(=O)c1c(NC(=O)CSc2nnc(-c3ccccn3)n2C)sc(C(=O)N(C)C)c1C. The fraction of sp³-hybridized carbons (Fsp3) is 0.300. The van der Waals surface area contributed by atoms with Crippen LogP contribution in [0.2, 0.25) is 0 Å². The highest BCUT2D eigenvalue weighted by Crippen LogP contribution is 2.34. The molecule has 0 bridgehead atoms. The van der Waals surface area contributed by atoms with E-state index in [4.69, 9.17) is 4.74 Å². The standard InChI is InChI=1S/C20H22N6O4S2/c1-11-14(19(29)30-5)17(32-15(11)18(28)25(2)3)22-13(27)10-31-20-24-23-16(26(20)4)12-8-6-7-9-21-12/h6-9H,10H2,1-5H3,(H,22,27).